The number of nitrogens with zero attached hydrogens (tertiary/aromatic N) is 2. The van der Waals surface area contributed by atoms with Crippen LogP contribution in [0.15, 0.2) is 36.9 Å². The Kier molecular flexibility index (Phi) is 4.60. The number of hydrogen-bond acceptors (Lipinski definition) is 4. The van der Waals surface area contributed by atoms with Crippen molar-refractivity contribution < 1.29 is 4.92 Å². The van der Waals surface area contributed by atoms with Crippen LogP contribution in [0, 0.1) is 16.5 Å². The number of nitrogens with two attached hydrogens (primary N) is 1. The van der Waals surface area contributed by atoms with Crippen LogP contribution in [-0.4, -0.2) is 9.91 Å². The summed E-state index contributed by atoms with van der Waals surface area (Å²) in [6, 6.07) is 6.84. The number of anilines is 1. The fraction of sp³-hybridized carbons (Fsp3) is 0.263. The number of pyridine rings is 1. The summed E-state index contributed by atoms with van der Waals surface area (Å²) in [5.74, 6) is 0. The van der Waals surface area contributed by atoms with Crippen molar-refractivity contribution in [2.75, 3.05) is 5.73 Å². The number of hydrogen-bond donors (Lipinski definition) is 1. The SMILES string of the molecule is C=CC[CH]c1cc(-c2ccc(N)cc2[N+](=O)[O-])c2c(n1)CCCC2. The van der Waals surface area contributed by atoms with E-state index in [1.54, 1.807) is 12.1 Å². The number of nitro groups is 1. The van der Waals surface area contributed by atoms with Gasteiger partial charge in [0, 0.05) is 29.6 Å². The van der Waals surface area contributed by atoms with Crippen LogP contribution in [-0.2, 0) is 12.8 Å². The zero-order chi connectivity index (χ0) is 17.1. The topological polar surface area (TPSA) is 82.0 Å². The van der Waals surface area contributed by atoms with Gasteiger partial charge in [-0.25, -0.2) is 0 Å². The van der Waals surface area contributed by atoms with Gasteiger partial charge in [0.2, 0.25) is 0 Å². The molecule has 1 aromatic heterocycles. The molecule has 0 fully saturated rings. The van der Waals surface area contributed by atoms with E-state index >= 15 is 0 Å². The molecular weight excluding hydrogens is 302 g/mol. The summed E-state index contributed by atoms with van der Waals surface area (Å²) in [6.45, 7) is 3.73. The molecule has 2 aromatic rings. The third kappa shape index (κ3) is 3.15. The molecule has 1 aliphatic rings. The monoisotopic (exact) mass is 322 g/mol. The Bertz CT molecular complexity index is 799. The zero-order valence-corrected chi connectivity index (χ0v) is 13.5. The van der Waals surface area contributed by atoms with Crippen LogP contribution >= 0.6 is 0 Å². The van der Waals surface area contributed by atoms with Crippen molar-refractivity contribution in [3.05, 3.63) is 70.4 Å². The molecule has 1 heterocycles. The van der Waals surface area contributed by atoms with Crippen molar-refractivity contribution in [1.82, 2.24) is 4.98 Å². The minimum atomic E-state index is -0.367. The number of nitro benzene ring substituents is 1. The summed E-state index contributed by atoms with van der Waals surface area (Å²) in [5.41, 5.74) is 10.7. The first-order valence-electron chi connectivity index (χ1n) is 8.11. The van der Waals surface area contributed by atoms with Gasteiger partial charge in [0.1, 0.15) is 0 Å². The van der Waals surface area contributed by atoms with Crippen molar-refractivity contribution in [1.29, 1.82) is 0 Å². The first-order valence-corrected chi connectivity index (χ1v) is 8.11. The number of allylic oxidation sites excluding steroid dienone is 1. The molecule has 0 saturated heterocycles. The van der Waals surface area contributed by atoms with Crippen molar-refractivity contribution in [2.45, 2.75) is 32.1 Å². The van der Waals surface area contributed by atoms with Crippen LogP contribution < -0.4 is 5.73 Å². The summed E-state index contributed by atoms with van der Waals surface area (Å²) in [5, 5.41) is 11.5. The predicted molar refractivity (Wildman–Crippen MR) is 95.6 cm³/mol. The van der Waals surface area contributed by atoms with Gasteiger partial charge >= 0.3 is 0 Å². The Morgan fingerprint density at radius 3 is 2.79 bits per heavy atom. The lowest BCUT2D eigenvalue weighted by Crippen LogP contribution is -2.09. The van der Waals surface area contributed by atoms with E-state index in [9.17, 15) is 10.1 Å². The molecular formula is C19H20N3O2. The molecule has 123 valence electrons. The predicted octanol–water partition coefficient (Wildman–Crippen LogP) is 4.25. The normalized spacial score (nSPS) is 13.3. The van der Waals surface area contributed by atoms with E-state index in [1.165, 1.54) is 6.07 Å². The van der Waals surface area contributed by atoms with E-state index in [0.29, 0.717) is 11.3 Å². The largest absolute Gasteiger partial charge is 0.399 e. The van der Waals surface area contributed by atoms with Gasteiger partial charge in [0.05, 0.1) is 10.5 Å². The summed E-state index contributed by atoms with van der Waals surface area (Å²) < 4.78 is 0. The van der Waals surface area contributed by atoms with Gasteiger partial charge in [-0.3, -0.25) is 15.1 Å². The standard InChI is InChI=1S/C19H20N3O2/c1-2-3-6-14-12-17(15-7-4-5-8-18(15)21-14)16-10-9-13(20)11-19(16)22(23)24/h2,6,9-12H,1,3-5,7-8,20H2. The highest BCUT2D eigenvalue weighted by atomic mass is 16.6. The first-order chi connectivity index (χ1) is 11.6. The highest BCUT2D eigenvalue weighted by Gasteiger charge is 2.23. The van der Waals surface area contributed by atoms with Gasteiger partial charge in [-0.05, 0) is 61.4 Å². The molecule has 5 heteroatoms. The Labute approximate surface area is 141 Å². The maximum absolute atomic E-state index is 11.5. The smallest absolute Gasteiger partial charge is 0.279 e. The van der Waals surface area contributed by atoms with E-state index in [1.807, 2.05) is 18.6 Å². The number of rotatable bonds is 5. The molecule has 24 heavy (non-hydrogen) atoms. The van der Waals surface area contributed by atoms with Crippen LogP contribution in [0.25, 0.3) is 11.1 Å². The lowest BCUT2D eigenvalue weighted by Gasteiger charge is -2.20. The summed E-state index contributed by atoms with van der Waals surface area (Å²) in [7, 11) is 0. The molecule has 1 aromatic carbocycles. The molecule has 0 aliphatic heterocycles. The number of aromatic nitrogens is 1. The van der Waals surface area contributed by atoms with Gasteiger partial charge in [0.15, 0.2) is 0 Å². The van der Waals surface area contributed by atoms with Crippen LogP contribution in [0.4, 0.5) is 11.4 Å². The molecule has 0 saturated carbocycles. The van der Waals surface area contributed by atoms with Gasteiger partial charge in [-0.2, -0.15) is 0 Å². The lowest BCUT2D eigenvalue weighted by molar-refractivity contribution is -0.384. The minimum absolute atomic E-state index is 0.0450. The Morgan fingerprint density at radius 2 is 2.04 bits per heavy atom. The molecule has 1 radical (unpaired) electrons. The lowest BCUT2D eigenvalue weighted by atomic mass is 9.87. The molecule has 0 unspecified atom stereocenters. The molecule has 0 spiro atoms. The number of nitrogen functional groups attached to an aromatic ring is 1. The van der Waals surface area contributed by atoms with E-state index in [2.05, 4.69) is 6.58 Å². The molecule has 0 atom stereocenters. The van der Waals surface area contributed by atoms with Crippen LogP contribution in [0.5, 0.6) is 0 Å². The molecule has 0 amide bonds. The number of benzene rings is 1. The number of fused-ring (bicyclic) bond motifs is 1. The summed E-state index contributed by atoms with van der Waals surface area (Å²) >= 11 is 0. The van der Waals surface area contributed by atoms with Crippen molar-refractivity contribution in [3.8, 4) is 11.1 Å². The third-order valence-corrected chi connectivity index (χ3v) is 4.32. The van der Waals surface area contributed by atoms with Gasteiger partial charge in [0.25, 0.3) is 5.69 Å². The summed E-state index contributed by atoms with van der Waals surface area (Å²) in [6.07, 6.45) is 8.53. The fourth-order valence-electron chi connectivity index (χ4n) is 3.20. The van der Waals surface area contributed by atoms with Crippen molar-refractivity contribution in [2.24, 2.45) is 0 Å². The second-order valence-corrected chi connectivity index (χ2v) is 5.99. The Hall–Kier alpha value is -2.69. The highest BCUT2D eigenvalue weighted by Crippen LogP contribution is 2.37. The third-order valence-electron chi connectivity index (χ3n) is 4.32. The Balaban J connectivity index is 2.19. The average molecular weight is 322 g/mol. The van der Waals surface area contributed by atoms with Crippen molar-refractivity contribution >= 4 is 11.4 Å². The van der Waals surface area contributed by atoms with Crippen LogP contribution in [0.2, 0.25) is 0 Å². The molecule has 0 bridgehead atoms. The van der Waals surface area contributed by atoms with Gasteiger partial charge in [-0.1, -0.05) is 6.08 Å². The van der Waals surface area contributed by atoms with Crippen LogP contribution in [0.3, 0.4) is 0 Å². The molecule has 2 N–H and O–H groups in total. The van der Waals surface area contributed by atoms with Crippen molar-refractivity contribution in [3.63, 3.8) is 0 Å². The Morgan fingerprint density at radius 1 is 1.25 bits per heavy atom. The molecule has 3 rings (SSSR count). The van der Waals surface area contributed by atoms with E-state index in [-0.39, 0.29) is 10.6 Å². The molecule has 5 nitrogen and oxygen atoms in total. The molecule has 1 aliphatic carbocycles. The van der Waals surface area contributed by atoms with Crippen LogP contribution in [0.1, 0.15) is 36.2 Å². The second kappa shape index (κ2) is 6.83. The minimum Gasteiger partial charge on any atom is -0.399 e. The average Bonchev–Trinajstić information content (AvgIpc) is 2.59. The first kappa shape index (κ1) is 16.2. The zero-order valence-electron chi connectivity index (χ0n) is 13.5. The quantitative estimate of drug-likeness (QED) is 0.386. The number of aryl methyl sites for hydroxylation is 1. The highest BCUT2D eigenvalue weighted by molar-refractivity contribution is 5.79. The van der Waals surface area contributed by atoms with E-state index in [0.717, 1.165) is 54.6 Å². The second-order valence-electron chi connectivity index (χ2n) is 5.99. The van der Waals surface area contributed by atoms with Gasteiger partial charge in [-0.15, -0.1) is 6.58 Å². The maximum atomic E-state index is 11.5. The van der Waals surface area contributed by atoms with E-state index < -0.39 is 0 Å². The van der Waals surface area contributed by atoms with Gasteiger partial charge < -0.3 is 5.73 Å². The summed E-state index contributed by atoms with van der Waals surface area (Å²) in [4.78, 5) is 15.9. The van der Waals surface area contributed by atoms with E-state index in [4.69, 9.17) is 10.7 Å². The maximum Gasteiger partial charge on any atom is 0.279 e. The fourth-order valence-corrected chi connectivity index (χ4v) is 3.20.